The van der Waals surface area contributed by atoms with Crippen molar-refractivity contribution in [2.75, 3.05) is 0 Å². The molecule has 0 amide bonds. The molecule has 0 N–H and O–H groups in total. The molecule has 0 aliphatic heterocycles. The lowest BCUT2D eigenvalue weighted by atomic mass is 10.4. The minimum absolute atomic E-state index is 0.651. The molecule has 0 unspecified atom stereocenters. The van der Waals surface area contributed by atoms with Crippen molar-refractivity contribution in [2.45, 2.75) is 4.90 Å². The number of benzene rings is 3. The summed E-state index contributed by atoms with van der Waals surface area (Å²) in [4.78, 5) is 0.906. The van der Waals surface area contributed by atoms with Crippen LogP contribution < -0.4 is 10.6 Å². The van der Waals surface area contributed by atoms with Gasteiger partial charge in [0.1, 0.15) is 0 Å². The van der Waals surface area contributed by atoms with Crippen molar-refractivity contribution in [3.63, 3.8) is 0 Å². The zero-order valence-electron chi connectivity index (χ0n) is 11.7. The molecule has 22 heavy (non-hydrogen) atoms. The van der Waals surface area contributed by atoms with E-state index in [1.807, 2.05) is 84.9 Å². The third-order valence-corrected chi connectivity index (χ3v) is 8.80. The molecule has 3 aromatic carbocycles. The van der Waals surface area contributed by atoms with Gasteiger partial charge < -0.3 is 4.57 Å². The van der Waals surface area contributed by atoms with Gasteiger partial charge in [-0.15, -0.1) is 0 Å². The Kier molecular flexibility index (Phi) is 4.73. The van der Waals surface area contributed by atoms with Crippen molar-refractivity contribution < 1.29 is 4.57 Å². The van der Waals surface area contributed by atoms with Gasteiger partial charge in [0.25, 0.3) is 0 Å². The van der Waals surface area contributed by atoms with Crippen LogP contribution in [0.1, 0.15) is 0 Å². The highest BCUT2D eigenvalue weighted by Gasteiger charge is 2.28. The van der Waals surface area contributed by atoms with E-state index in [-0.39, 0.29) is 0 Å². The number of halogens is 1. The molecule has 0 atom stereocenters. The molecule has 0 radical (unpaired) electrons. The quantitative estimate of drug-likeness (QED) is 0.592. The van der Waals surface area contributed by atoms with E-state index in [9.17, 15) is 4.57 Å². The molecule has 110 valence electrons. The molecule has 0 aliphatic rings. The summed E-state index contributed by atoms with van der Waals surface area (Å²) in [7, 11) is 0. The average Bonchev–Trinajstić information content (AvgIpc) is 2.56. The fourth-order valence-electron chi connectivity index (χ4n) is 2.18. The van der Waals surface area contributed by atoms with Gasteiger partial charge in [0.2, 0.25) is 0 Å². The Bertz CT molecular complexity index is 762. The first-order valence-electron chi connectivity index (χ1n) is 6.85. The van der Waals surface area contributed by atoms with Gasteiger partial charge in [0.05, 0.1) is 0 Å². The molecule has 3 rings (SSSR count). The molecule has 0 heterocycles. The Hall–Kier alpha value is -1.47. The molecular weight excluding hydrogens is 331 g/mol. The molecule has 0 aliphatic carbocycles. The predicted molar refractivity (Wildman–Crippen MR) is 97.1 cm³/mol. The SMILES string of the molecule is O=P(Sc1cccc(Cl)c1)(c1ccccc1)c1ccccc1. The van der Waals surface area contributed by atoms with Crippen LogP contribution in [0.2, 0.25) is 5.02 Å². The fraction of sp³-hybridized carbons (Fsp3) is 0. The van der Waals surface area contributed by atoms with Crippen LogP contribution >= 0.6 is 29.3 Å². The maximum absolute atomic E-state index is 13.8. The van der Waals surface area contributed by atoms with Gasteiger partial charge in [-0.25, -0.2) is 0 Å². The summed E-state index contributed by atoms with van der Waals surface area (Å²) in [6, 6.07) is 26.7. The lowest BCUT2D eigenvalue weighted by Gasteiger charge is -2.18. The highest BCUT2D eigenvalue weighted by Crippen LogP contribution is 2.59. The molecule has 0 saturated carbocycles. The van der Waals surface area contributed by atoms with Gasteiger partial charge >= 0.3 is 0 Å². The van der Waals surface area contributed by atoms with Gasteiger partial charge in [0.15, 0.2) is 6.34 Å². The van der Waals surface area contributed by atoms with Crippen LogP contribution in [0.15, 0.2) is 89.8 Å². The van der Waals surface area contributed by atoms with Crippen LogP contribution in [0.5, 0.6) is 0 Å². The molecule has 1 nitrogen and oxygen atoms in total. The summed E-state index contributed by atoms with van der Waals surface area (Å²) in [6.07, 6.45) is -2.81. The van der Waals surface area contributed by atoms with Crippen molar-refractivity contribution in [3.05, 3.63) is 90.0 Å². The second kappa shape index (κ2) is 6.75. The lowest BCUT2D eigenvalue weighted by molar-refractivity contribution is 0.595. The molecule has 0 spiro atoms. The molecule has 0 bridgehead atoms. The average molecular weight is 345 g/mol. The van der Waals surface area contributed by atoms with E-state index in [1.54, 1.807) is 0 Å². The standard InChI is InChI=1S/C18H14ClOPS/c19-15-8-7-13-18(14-15)22-21(20,16-9-3-1-4-10-16)17-11-5-2-6-12-17/h1-14H. The highest BCUT2D eigenvalue weighted by molar-refractivity contribution is 8.62. The first-order chi connectivity index (χ1) is 10.7. The Labute approximate surface area is 139 Å². The van der Waals surface area contributed by atoms with Crippen molar-refractivity contribution in [1.29, 1.82) is 0 Å². The Morgan fingerprint density at radius 1 is 0.727 bits per heavy atom. The van der Waals surface area contributed by atoms with Crippen LogP contribution in [0.4, 0.5) is 0 Å². The van der Waals surface area contributed by atoms with Crippen molar-refractivity contribution in [1.82, 2.24) is 0 Å². The first kappa shape index (κ1) is 15.4. The summed E-state index contributed by atoms with van der Waals surface area (Å²) in [5, 5.41) is 2.33. The van der Waals surface area contributed by atoms with E-state index in [4.69, 9.17) is 11.6 Å². The largest absolute Gasteiger partial charge is 0.302 e. The van der Waals surface area contributed by atoms with Crippen molar-refractivity contribution in [2.24, 2.45) is 0 Å². The van der Waals surface area contributed by atoms with Gasteiger partial charge in [-0.3, -0.25) is 0 Å². The summed E-state index contributed by atoms with van der Waals surface area (Å²) < 4.78 is 13.8. The summed E-state index contributed by atoms with van der Waals surface area (Å²) in [6.45, 7) is 0. The molecule has 0 saturated heterocycles. The number of rotatable bonds is 4. The maximum Gasteiger partial charge on any atom is 0.199 e. The topological polar surface area (TPSA) is 17.1 Å². The zero-order chi connectivity index (χ0) is 15.4. The van der Waals surface area contributed by atoms with Crippen molar-refractivity contribution in [3.8, 4) is 0 Å². The van der Waals surface area contributed by atoms with E-state index in [0.29, 0.717) is 5.02 Å². The van der Waals surface area contributed by atoms with Gasteiger partial charge in [-0.2, -0.15) is 0 Å². The van der Waals surface area contributed by atoms with Crippen molar-refractivity contribution >= 4 is 39.9 Å². The number of hydrogen-bond acceptors (Lipinski definition) is 2. The van der Waals surface area contributed by atoms with Crippen LogP contribution in [0.3, 0.4) is 0 Å². The van der Waals surface area contributed by atoms with E-state index in [1.165, 1.54) is 11.4 Å². The van der Waals surface area contributed by atoms with E-state index in [2.05, 4.69) is 0 Å². The van der Waals surface area contributed by atoms with Gasteiger partial charge in [-0.1, -0.05) is 89.7 Å². The van der Waals surface area contributed by atoms with E-state index >= 15 is 0 Å². The van der Waals surface area contributed by atoms with Crippen LogP contribution in [-0.2, 0) is 4.57 Å². The van der Waals surface area contributed by atoms with Crippen LogP contribution in [0.25, 0.3) is 0 Å². The van der Waals surface area contributed by atoms with E-state index < -0.39 is 6.34 Å². The normalized spacial score (nSPS) is 11.3. The summed E-state index contributed by atoms with van der Waals surface area (Å²) in [5.74, 6) is 0. The third-order valence-electron chi connectivity index (χ3n) is 3.22. The zero-order valence-corrected chi connectivity index (χ0v) is 14.2. The molecule has 0 aromatic heterocycles. The Morgan fingerprint density at radius 3 is 1.77 bits per heavy atom. The monoisotopic (exact) mass is 344 g/mol. The minimum atomic E-state index is -2.81. The summed E-state index contributed by atoms with van der Waals surface area (Å²) in [5.41, 5.74) is 0. The van der Waals surface area contributed by atoms with Gasteiger partial charge in [0, 0.05) is 20.5 Å². The fourth-order valence-corrected chi connectivity index (χ4v) is 7.28. The maximum atomic E-state index is 13.8. The smallest absolute Gasteiger partial charge is 0.199 e. The molecule has 4 heteroatoms. The van der Waals surface area contributed by atoms with Crippen LogP contribution in [0, 0.1) is 0 Å². The molecule has 3 aromatic rings. The summed E-state index contributed by atoms with van der Waals surface area (Å²) >= 11 is 7.45. The number of hydrogen-bond donors (Lipinski definition) is 0. The second-order valence-electron chi connectivity index (χ2n) is 4.77. The first-order valence-corrected chi connectivity index (χ1v) is 10.4. The minimum Gasteiger partial charge on any atom is -0.302 e. The molecular formula is C18H14ClOPS. The second-order valence-corrected chi connectivity index (χ2v) is 10.1. The van der Waals surface area contributed by atoms with Crippen LogP contribution in [-0.4, -0.2) is 0 Å². The van der Waals surface area contributed by atoms with Gasteiger partial charge in [-0.05, 0) is 18.2 Å². The Balaban J connectivity index is 2.10. The lowest BCUT2D eigenvalue weighted by Crippen LogP contribution is -2.13. The third kappa shape index (κ3) is 3.30. The highest BCUT2D eigenvalue weighted by atomic mass is 35.5. The molecule has 0 fully saturated rings. The Morgan fingerprint density at radius 2 is 1.27 bits per heavy atom. The predicted octanol–water partition coefficient (Wildman–Crippen LogP) is 5.36. The van der Waals surface area contributed by atoms with E-state index in [0.717, 1.165) is 15.5 Å².